The van der Waals surface area contributed by atoms with Crippen molar-refractivity contribution in [1.29, 1.82) is 0 Å². The quantitative estimate of drug-likeness (QED) is 0.300. The van der Waals surface area contributed by atoms with E-state index in [2.05, 4.69) is 12.2 Å². The fourth-order valence-corrected chi connectivity index (χ4v) is 2.73. The fourth-order valence-electron chi connectivity index (χ4n) is 2.73. The molecule has 0 heterocycles. The Morgan fingerprint density at radius 3 is 1.65 bits per heavy atom. The number of carbonyl (C=O) groups excluding carboxylic acids is 3. The second-order valence-electron chi connectivity index (χ2n) is 6.64. The average Bonchev–Trinajstić information content (AvgIpc) is 2.56. The largest absolute Gasteiger partial charge is 2.00 e. The maximum absolute atomic E-state index is 11.7. The molecule has 0 spiro atoms. The third kappa shape index (κ3) is 18.0. The van der Waals surface area contributed by atoms with Gasteiger partial charge in [0.15, 0.2) is 0 Å². The molecular formula is C19H33MgNO5. The second kappa shape index (κ2) is 19.0. The van der Waals surface area contributed by atoms with Crippen LogP contribution < -0.4 is 15.5 Å². The van der Waals surface area contributed by atoms with Crippen LogP contribution in [0.15, 0.2) is 0 Å². The standard InChI is InChI=1S/C19H35NO5.Mg/c1-2-3-4-5-6-7-8-9-10-11-12-13-17(21)20-16(19(24)25)14-15-18(22)23;/h16H,2-15H2,1H3,(H,20,21)(H,22,23)(H,24,25);/q;+2/p-2/t16-;/m0./s1. The van der Waals surface area contributed by atoms with Gasteiger partial charge in [0.05, 0.1) is 12.0 Å². The zero-order chi connectivity index (χ0) is 18.9. The summed E-state index contributed by atoms with van der Waals surface area (Å²) in [7, 11) is 0. The first kappa shape index (κ1) is 27.4. The predicted octanol–water partition coefficient (Wildman–Crippen LogP) is 1.07. The molecule has 0 aliphatic heterocycles. The van der Waals surface area contributed by atoms with Gasteiger partial charge >= 0.3 is 23.1 Å². The van der Waals surface area contributed by atoms with Crippen LogP contribution in [0.4, 0.5) is 0 Å². The van der Waals surface area contributed by atoms with Crippen LogP contribution in [0.3, 0.4) is 0 Å². The van der Waals surface area contributed by atoms with Gasteiger partial charge in [0.2, 0.25) is 5.91 Å². The predicted molar refractivity (Wildman–Crippen MR) is 98.0 cm³/mol. The van der Waals surface area contributed by atoms with Crippen molar-refractivity contribution in [2.45, 2.75) is 103 Å². The first-order valence-electron chi connectivity index (χ1n) is 9.67. The Kier molecular flexibility index (Phi) is 20.0. The Hall–Kier alpha value is -0.824. The molecule has 1 amide bonds. The zero-order valence-electron chi connectivity index (χ0n) is 16.2. The maximum Gasteiger partial charge on any atom is 2.00 e. The van der Waals surface area contributed by atoms with E-state index in [0.29, 0.717) is 6.42 Å². The molecule has 0 radical (unpaired) electrons. The molecule has 0 aliphatic carbocycles. The molecule has 0 saturated carbocycles. The molecule has 0 aromatic rings. The summed E-state index contributed by atoms with van der Waals surface area (Å²) in [5, 5.41) is 23.5. The molecule has 146 valence electrons. The van der Waals surface area contributed by atoms with Gasteiger partial charge < -0.3 is 25.1 Å². The molecule has 0 aromatic carbocycles. The Labute approximate surface area is 173 Å². The van der Waals surface area contributed by atoms with Crippen LogP contribution >= 0.6 is 0 Å². The first-order valence-corrected chi connectivity index (χ1v) is 9.67. The van der Waals surface area contributed by atoms with Crippen molar-refractivity contribution in [2.75, 3.05) is 0 Å². The number of unbranched alkanes of at least 4 members (excludes halogenated alkanes) is 10. The minimum absolute atomic E-state index is 0. The molecule has 1 atom stereocenters. The Morgan fingerprint density at radius 2 is 1.23 bits per heavy atom. The van der Waals surface area contributed by atoms with E-state index >= 15 is 0 Å². The van der Waals surface area contributed by atoms with Crippen LogP contribution in [0.25, 0.3) is 0 Å². The summed E-state index contributed by atoms with van der Waals surface area (Å²) in [6, 6.07) is -1.27. The SMILES string of the molecule is CCCCCCCCCCCCCC(=O)N[C@@H](CCC(=O)[O-])C(=O)[O-].[Mg+2]. The van der Waals surface area contributed by atoms with Crippen molar-refractivity contribution in [1.82, 2.24) is 5.32 Å². The van der Waals surface area contributed by atoms with E-state index in [1.807, 2.05) is 0 Å². The molecule has 0 rings (SSSR count). The topological polar surface area (TPSA) is 109 Å². The number of carboxylic acid groups (broad SMARTS) is 2. The van der Waals surface area contributed by atoms with Gasteiger partial charge in [0.1, 0.15) is 0 Å². The van der Waals surface area contributed by atoms with Crippen molar-refractivity contribution in [3.8, 4) is 0 Å². The zero-order valence-corrected chi connectivity index (χ0v) is 17.6. The molecule has 6 nitrogen and oxygen atoms in total. The number of carboxylic acids is 2. The van der Waals surface area contributed by atoms with E-state index in [0.717, 1.165) is 12.8 Å². The summed E-state index contributed by atoms with van der Waals surface area (Å²) in [5.74, 6) is -3.18. The smallest absolute Gasteiger partial charge is 0.550 e. The van der Waals surface area contributed by atoms with Crippen molar-refractivity contribution in [2.24, 2.45) is 0 Å². The summed E-state index contributed by atoms with van der Waals surface area (Å²) in [4.78, 5) is 32.9. The van der Waals surface area contributed by atoms with E-state index < -0.39 is 24.4 Å². The van der Waals surface area contributed by atoms with Crippen molar-refractivity contribution < 1.29 is 24.6 Å². The van der Waals surface area contributed by atoms with Crippen LogP contribution in [0, 0.1) is 0 Å². The molecule has 0 aliphatic rings. The van der Waals surface area contributed by atoms with Crippen molar-refractivity contribution in [3.63, 3.8) is 0 Å². The van der Waals surface area contributed by atoms with Gasteiger partial charge in [-0.15, -0.1) is 0 Å². The third-order valence-electron chi connectivity index (χ3n) is 4.26. The third-order valence-corrected chi connectivity index (χ3v) is 4.26. The second-order valence-corrected chi connectivity index (χ2v) is 6.64. The minimum Gasteiger partial charge on any atom is -0.550 e. The van der Waals surface area contributed by atoms with E-state index in [4.69, 9.17) is 0 Å². The monoisotopic (exact) mass is 379 g/mol. The molecule has 0 unspecified atom stereocenters. The van der Waals surface area contributed by atoms with E-state index in [9.17, 15) is 24.6 Å². The molecular weight excluding hydrogens is 347 g/mol. The summed E-state index contributed by atoms with van der Waals surface area (Å²) in [5.41, 5.74) is 0. The molecule has 7 heteroatoms. The number of aliphatic carboxylic acids is 2. The summed E-state index contributed by atoms with van der Waals surface area (Å²) in [6.07, 6.45) is 12.6. The summed E-state index contributed by atoms with van der Waals surface area (Å²) < 4.78 is 0. The van der Waals surface area contributed by atoms with Crippen molar-refractivity contribution >= 4 is 40.9 Å². The van der Waals surface area contributed by atoms with Crippen LogP contribution in [-0.4, -0.2) is 46.9 Å². The number of rotatable bonds is 17. The molecule has 1 N–H and O–H groups in total. The normalized spacial score (nSPS) is 11.4. The van der Waals surface area contributed by atoms with Gasteiger partial charge in [-0.25, -0.2) is 0 Å². The Morgan fingerprint density at radius 1 is 0.769 bits per heavy atom. The maximum atomic E-state index is 11.7. The number of hydrogen-bond donors (Lipinski definition) is 1. The van der Waals surface area contributed by atoms with Gasteiger partial charge in [-0.2, -0.15) is 0 Å². The van der Waals surface area contributed by atoms with E-state index in [1.54, 1.807) is 0 Å². The number of carbonyl (C=O) groups is 3. The average molecular weight is 380 g/mol. The van der Waals surface area contributed by atoms with Crippen LogP contribution in [0.2, 0.25) is 0 Å². The van der Waals surface area contributed by atoms with Crippen LogP contribution in [0.5, 0.6) is 0 Å². The molecule has 0 aromatic heterocycles. The molecule has 0 bridgehead atoms. The van der Waals surface area contributed by atoms with Gasteiger partial charge in [-0.3, -0.25) is 4.79 Å². The van der Waals surface area contributed by atoms with Crippen LogP contribution in [-0.2, 0) is 14.4 Å². The van der Waals surface area contributed by atoms with E-state index in [1.165, 1.54) is 51.4 Å². The number of hydrogen-bond acceptors (Lipinski definition) is 5. The Bertz CT molecular complexity index is 390. The number of amides is 1. The molecule has 26 heavy (non-hydrogen) atoms. The van der Waals surface area contributed by atoms with Gasteiger partial charge in [0.25, 0.3) is 0 Å². The number of nitrogens with one attached hydrogen (secondary N) is 1. The van der Waals surface area contributed by atoms with Gasteiger partial charge in [0, 0.05) is 12.4 Å². The Balaban J connectivity index is 0. The summed E-state index contributed by atoms with van der Waals surface area (Å²) >= 11 is 0. The van der Waals surface area contributed by atoms with Gasteiger partial charge in [-0.05, 0) is 19.3 Å². The van der Waals surface area contributed by atoms with Crippen molar-refractivity contribution in [3.05, 3.63) is 0 Å². The minimum atomic E-state index is -1.46. The fraction of sp³-hybridized carbons (Fsp3) is 0.842. The van der Waals surface area contributed by atoms with Crippen LogP contribution in [0.1, 0.15) is 96.8 Å². The molecule has 0 fully saturated rings. The molecule has 0 saturated heterocycles. The first-order chi connectivity index (χ1) is 12.0. The summed E-state index contributed by atoms with van der Waals surface area (Å²) in [6.45, 7) is 2.21. The van der Waals surface area contributed by atoms with E-state index in [-0.39, 0.29) is 41.8 Å². The van der Waals surface area contributed by atoms with Gasteiger partial charge in [-0.1, -0.05) is 71.1 Å².